The number of halogens is 1. The largest absolute Gasteiger partial charge is 0.494 e. The van der Waals surface area contributed by atoms with Crippen LogP contribution in [-0.2, 0) is 9.53 Å². The maximum Gasteiger partial charge on any atom is 0.338 e. The van der Waals surface area contributed by atoms with Gasteiger partial charge in [-0.25, -0.2) is 4.79 Å². The van der Waals surface area contributed by atoms with Crippen molar-refractivity contribution in [3.05, 3.63) is 83.4 Å². The zero-order chi connectivity index (χ0) is 22.8. The molecule has 0 saturated heterocycles. The van der Waals surface area contributed by atoms with Gasteiger partial charge in [-0.3, -0.25) is 4.79 Å². The quantitative estimate of drug-likeness (QED) is 0.272. The standard InChI is InChI=1S/C25H24ClNO4S/c1-2-3-16-30-20-12-8-18(9-13-20)25(29)31-17-24(28)27-22-6-4-5-7-23(22)32-21-14-10-19(26)11-15-21/h4-15H,2-3,16-17H2,1H3,(H,27,28). The Labute approximate surface area is 197 Å². The molecule has 0 radical (unpaired) electrons. The van der Waals surface area contributed by atoms with Crippen LogP contribution in [-0.4, -0.2) is 25.1 Å². The number of carbonyl (C=O) groups is 2. The van der Waals surface area contributed by atoms with Crippen LogP contribution in [0.2, 0.25) is 5.02 Å². The Balaban J connectivity index is 1.52. The first-order chi connectivity index (χ1) is 15.5. The van der Waals surface area contributed by atoms with E-state index in [2.05, 4.69) is 12.2 Å². The third kappa shape index (κ3) is 7.32. The first kappa shape index (κ1) is 23.7. The lowest BCUT2D eigenvalue weighted by Crippen LogP contribution is -2.21. The van der Waals surface area contributed by atoms with Gasteiger partial charge in [-0.15, -0.1) is 0 Å². The van der Waals surface area contributed by atoms with Crippen molar-refractivity contribution in [2.24, 2.45) is 0 Å². The summed E-state index contributed by atoms with van der Waals surface area (Å²) < 4.78 is 10.7. The molecule has 0 spiro atoms. The van der Waals surface area contributed by atoms with Crippen molar-refractivity contribution in [1.29, 1.82) is 0 Å². The van der Waals surface area contributed by atoms with E-state index in [1.54, 1.807) is 30.3 Å². The summed E-state index contributed by atoms with van der Waals surface area (Å²) in [6.07, 6.45) is 2.02. The van der Waals surface area contributed by atoms with Crippen molar-refractivity contribution in [3.8, 4) is 5.75 Å². The molecule has 3 rings (SSSR count). The van der Waals surface area contributed by atoms with Gasteiger partial charge in [0.2, 0.25) is 0 Å². The van der Waals surface area contributed by atoms with Crippen molar-refractivity contribution in [2.75, 3.05) is 18.5 Å². The van der Waals surface area contributed by atoms with Crippen LogP contribution in [0, 0.1) is 0 Å². The van der Waals surface area contributed by atoms with E-state index in [1.165, 1.54) is 11.8 Å². The smallest absolute Gasteiger partial charge is 0.338 e. The van der Waals surface area contributed by atoms with E-state index < -0.39 is 11.9 Å². The molecular formula is C25H24ClNO4S. The molecule has 0 aromatic heterocycles. The normalized spacial score (nSPS) is 10.4. The zero-order valence-electron chi connectivity index (χ0n) is 17.7. The molecule has 5 nitrogen and oxygen atoms in total. The molecule has 1 amide bonds. The summed E-state index contributed by atoms with van der Waals surface area (Å²) in [5, 5.41) is 3.47. The molecule has 0 aliphatic heterocycles. The van der Waals surface area contributed by atoms with Gasteiger partial charge in [0.25, 0.3) is 5.91 Å². The topological polar surface area (TPSA) is 64.6 Å². The summed E-state index contributed by atoms with van der Waals surface area (Å²) in [5.41, 5.74) is 1.00. The van der Waals surface area contributed by atoms with Crippen molar-refractivity contribution in [2.45, 2.75) is 29.6 Å². The fraction of sp³-hybridized carbons (Fsp3) is 0.200. The fourth-order valence-corrected chi connectivity index (χ4v) is 3.74. The van der Waals surface area contributed by atoms with Gasteiger partial charge in [-0.05, 0) is 67.1 Å². The number of para-hydroxylation sites is 1. The predicted molar refractivity (Wildman–Crippen MR) is 128 cm³/mol. The van der Waals surface area contributed by atoms with Crippen molar-refractivity contribution < 1.29 is 19.1 Å². The molecule has 0 bridgehead atoms. The second-order valence-electron chi connectivity index (χ2n) is 6.90. The van der Waals surface area contributed by atoms with Crippen LogP contribution >= 0.6 is 23.4 Å². The minimum Gasteiger partial charge on any atom is -0.494 e. The minimum atomic E-state index is -0.566. The Bertz CT molecular complexity index is 1040. The van der Waals surface area contributed by atoms with E-state index in [-0.39, 0.29) is 6.61 Å². The van der Waals surface area contributed by atoms with E-state index in [1.807, 2.05) is 42.5 Å². The maximum atomic E-state index is 12.4. The summed E-state index contributed by atoms with van der Waals surface area (Å²) in [6.45, 7) is 2.35. The lowest BCUT2D eigenvalue weighted by molar-refractivity contribution is -0.119. The number of carbonyl (C=O) groups excluding carboxylic acids is 2. The summed E-state index contributed by atoms with van der Waals surface area (Å²) in [5.74, 6) is -0.284. The van der Waals surface area contributed by atoms with Gasteiger partial charge in [0.05, 0.1) is 17.9 Å². The minimum absolute atomic E-state index is 0.360. The molecule has 0 heterocycles. The number of ether oxygens (including phenoxy) is 2. The van der Waals surface area contributed by atoms with Crippen LogP contribution < -0.4 is 10.1 Å². The monoisotopic (exact) mass is 469 g/mol. The predicted octanol–water partition coefficient (Wildman–Crippen LogP) is 6.47. The molecule has 7 heteroatoms. The second kappa shape index (κ2) is 12.2. The van der Waals surface area contributed by atoms with Crippen molar-refractivity contribution in [1.82, 2.24) is 0 Å². The van der Waals surface area contributed by atoms with Gasteiger partial charge in [-0.1, -0.05) is 48.8 Å². The molecule has 32 heavy (non-hydrogen) atoms. The average Bonchev–Trinajstić information content (AvgIpc) is 2.81. The lowest BCUT2D eigenvalue weighted by Gasteiger charge is -2.11. The highest BCUT2D eigenvalue weighted by atomic mass is 35.5. The molecule has 0 aliphatic carbocycles. The van der Waals surface area contributed by atoms with E-state index in [0.29, 0.717) is 28.6 Å². The molecule has 0 atom stereocenters. The Morgan fingerprint density at radius 3 is 2.41 bits per heavy atom. The third-order valence-electron chi connectivity index (χ3n) is 4.39. The Hall–Kier alpha value is -2.96. The molecule has 3 aromatic rings. The lowest BCUT2D eigenvalue weighted by atomic mass is 10.2. The van der Waals surface area contributed by atoms with E-state index >= 15 is 0 Å². The SMILES string of the molecule is CCCCOc1ccc(C(=O)OCC(=O)Nc2ccccc2Sc2ccc(Cl)cc2)cc1. The van der Waals surface area contributed by atoms with E-state index in [4.69, 9.17) is 21.1 Å². The van der Waals surface area contributed by atoms with Gasteiger partial charge in [0, 0.05) is 14.8 Å². The van der Waals surface area contributed by atoms with Crippen LogP contribution in [0.15, 0.2) is 82.6 Å². The first-order valence-electron chi connectivity index (χ1n) is 10.3. The number of hydrogen-bond donors (Lipinski definition) is 1. The first-order valence-corrected chi connectivity index (χ1v) is 11.5. The van der Waals surface area contributed by atoms with Crippen LogP contribution in [0.3, 0.4) is 0 Å². The number of esters is 1. The van der Waals surface area contributed by atoms with E-state index in [9.17, 15) is 9.59 Å². The van der Waals surface area contributed by atoms with Crippen molar-refractivity contribution in [3.63, 3.8) is 0 Å². The number of amides is 1. The molecule has 1 N–H and O–H groups in total. The van der Waals surface area contributed by atoms with Gasteiger partial charge in [0.1, 0.15) is 5.75 Å². The molecular weight excluding hydrogens is 446 g/mol. The van der Waals surface area contributed by atoms with Crippen LogP contribution in [0.1, 0.15) is 30.1 Å². The maximum absolute atomic E-state index is 12.4. The number of nitrogens with one attached hydrogen (secondary N) is 1. The van der Waals surface area contributed by atoms with Crippen LogP contribution in [0.25, 0.3) is 0 Å². The van der Waals surface area contributed by atoms with Crippen molar-refractivity contribution >= 4 is 40.9 Å². The number of hydrogen-bond acceptors (Lipinski definition) is 5. The fourth-order valence-electron chi connectivity index (χ4n) is 2.71. The highest BCUT2D eigenvalue weighted by molar-refractivity contribution is 7.99. The number of benzene rings is 3. The molecule has 0 saturated carbocycles. The van der Waals surface area contributed by atoms with Gasteiger partial charge in [0.15, 0.2) is 6.61 Å². The van der Waals surface area contributed by atoms with Gasteiger partial charge in [-0.2, -0.15) is 0 Å². The Kier molecular flexibility index (Phi) is 9.01. The number of unbranched alkanes of at least 4 members (excludes halogenated alkanes) is 1. The highest BCUT2D eigenvalue weighted by Crippen LogP contribution is 2.33. The zero-order valence-corrected chi connectivity index (χ0v) is 19.2. The summed E-state index contributed by atoms with van der Waals surface area (Å²) in [6, 6.07) is 21.6. The molecule has 166 valence electrons. The summed E-state index contributed by atoms with van der Waals surface area (Å²) in [7, 11) is 0. The third-order valence-corrected chi connectivity index (χ3v) is 5.73. The van der Waals surface area contributed by atoms with E-state index in [0.717, 1.165) is 22.6 Å². The summed E-state index contributed by atoms with van der Waals surface area (Å²) >= 11 is 7.44. The van der Waals surface area contributed by atoms with Gasteiger partial charge >= 0.3 is 5.97 Å². The highest BCUT2D eigenvalue weighted by Gasteiger charge is 2.12. The Morgan fingerprint density at radius 2 is 1.69 bits per heavy atom. The number of rotatable bonds is 10. The number of anilines is 1. The summed E-state index contributed by atoms with van der Waals surface area (Å²) in [4.78, 5) is 26.5. The average molecular weight is 470 g/mol. The molecule has 3 aromatic carbocycles. The molecule has 0 aliphatic rings. The van der Waals surface area contributed by atoms with Crippen LogP contribution in [0.4, 0.5) is 5.69 Å². The van der Waals surface area contributed by atoms with Gasteiger partial charge < -0.3 is 14.8 Å². The molecule has 0 unspecified atom stereocenters. The second-order valence-corrected chi connectivity index (χ2v) is 8.45. The Morgan fingerprint density at radius 1 is 0.969 bits per heavy atom. The van der Waals surface area contributed by atoms with Crippen LogP contribution in [0.5, 0.6) is 5.75 Å². The molecule has 0 fully saturated rings.